The van der Waals surface area contributed by atoms with Crippen molar-refractivity contribution in [1.29, 1.82) is 0 Å². The van der Waals surface area contributed by atoms with Crippen LogP contribution >= 0.6 is 0 Å². The third-order valence-corrected chi connectivity index (χ3v) is 2.03. The zero-order valence-corrected chi connectivity index (χ0v) is 8.02. The highest BCUT2D eigenvalue weighted by atomic mass is 19.4. The summed E-state index contributed by atoms with van der Waals surface area (Å²) in [7, 11) is 1.30. The first kappa shape index (κ1) is 11.0. The highest BCUT2D eigenvalue weighted by Gasteiger charge is 2.39. The summed E-state index contributed by atoms with van der Waals surface area (Å²) in [6.45, 7) is 1.84. The van der Waals surface area contributed by atoms with Crippen LogP contribution < -0.4 is 5.32 Å². The van der Waals surface area contributed by atoms with E-state index in [1.807, 2.05) is 6.92 Å². The van der Waals surface area contributed by atoms with Crippen molar-refractivity contribution in [2.45, 2.75) is 19.1 Å². The number of hydrogen-bond donors (Lipinski definition) is 1. The van der Waals surface area contributed by atoms with Crippen LogP contribution in [0, 0.1) is 6.92 Å². The van der Waals surface area contributed by atoms with Crippen LogP contribution in [0.4, 0.5) is 13.2 Å². The van der Waals surface area contributed by atoms with Gasteiger partial charge in [0, 0.05) is 0 Å². The Morgan fingerprint density at radius 3 is 2.00 bits per heavy atom. The summed E-state index contributed by atoms with van der Waals surface area (Å²) in [5.74, 6) is 0. The third kappa shape index (κ3) is 2.48. The number of halogens is 3. The molecule has 4 heteroatoms. The Balaban J connectivity index is 2.96. The summed E-state index contributed by atoms with van der Waals surface area (Å²) in [5, 5.41) is 2.25. The SMILES string of the molecule is CN[C@H](c1ccc(C)cc1)C(F)(F)F. The average molecular weight is 203 g/mol. The molecule has 0 saturated heterocycles. The minimum atomic E-state index is -4.25. The maximum Gasteiger partial charge on any atom is 0.407 e. The predicted molar refractivity (Wildman–Crippen MR) is 49.0 cm³/mol. The fourth-order valence-corrected chi connectivity index (χ4v) is 1.28. The molecular formula is C10H12F3N. The minimum Gasteiger partial charge on any atom is -0.306 e. The lowest BCUT2D eigenvalue weighted by Gasteiger charge is -2.19. The summed E-state index contributed by atoms with van der Waals surface area (Å²) in [6.07, 6.45) is -4.25. The number of alkyl halides is 3. The molecule has 0 aliphatic rings. The minimum absolute atomic E-state index is 0.241. The van der Waals surface area contributed by atoms with Crippen LogP contribution in [0.1, 0.15) is 17.2 Å². The average Bonchev–Trinajstić information content (AvgIpc) is 2.07. The van der Waals surface area contributed by atoms with E-state index in [0.29, 0.717) is 0 Å². The van der Waals surface area contributed by atoms with Gasteiger partial charge in [-0.25, -0.2) is 0 Å². The summed E-state index contributed by atoms with van der Waals surface area (Å²) in [4.78, 5) is 0. The fourth-order valence-electron chi connectivity index (χ4n) is 1.28. The van der Waals surface area contributed by atoms with Crippen LogP contribution in [0.5, 0.6) is 0 Å². The van der Waals surface area contributed by atoms with Crippen molar-refractivity contribution < 1.29 is 13.2 Å². The Morgan fingerprint density at radius 2 is 1.64 bits per heavy atom. The molecule has 0 aliphatic heterocycles. The van der Waals surface area contributed by atoms with E-state index in [-0.39, 0.29) is 5.56 Å². The van der Waals surface area contributed by atoms with Crippen molar-refractivity contribution in [2.24, 2.45) is 0 Å². The van der Waals surface area contributed by atoms with Gasteiger partial charge in [0.1, 0.15) is 6.04 Å². The monoisotopic (exact) mass is 203 g/mol. The van der Waals surface area contributed by atoms with Crippen LogP contribution in [0.25, 0.3) is 0 Å². The zero-order chi connectivity index (χ0) is 10.8. The lowest BCUT2D eigenvalue weighted by atomic mass is 10.1. The summed E-state index contributed by atoms with van der Waals surface area (Å²) >= 11 is 0. The van der Waals surface area contributed by atoms with Gasteiger partial charge >= 0.3 is 6.18 Å². The first-order chi connectivity index (χ1) is 6.45. The molecule has 1 nitrogen and oxygen atoms in total. The van der Waals surface area contributed by atoms with Crippen molar-refractivity contribution in [3.8, 4) is 0 Å². The van der Waals surface area contributed by atoms with E-state index >= 15 is 0 Å². The van der Waals surface area contributed by atoms with Gasteiger partial charge in [-0.2, -0.15) is 13.2 Å². The first-order valence-corrected chi connectivity index (χ1v) is 4.25. The molecule has 1 aromatic carbocycles. The van der Waals surface area contributed by atoms with Gasteiger partial charge in [0.15, 0.2) is 0 Å². The standard InChI is InChI=1S/C10H12F3N/c1-7-3-5-8(6-4-7)9(14-2)10(11,12)13/h3-6,9,14H,1-2H3/t9-/m1/s1. The summed E-state index contributed by atoms with van der Waals surface area (Å²) in [5.41, 5.74) is 1.19. The van der Waals surface area contributed by atoms with Crippen LogP contribution in [-0.4, -0.2) is 13.2 Å². The smallest absolute Gasteiger partial charge is 0.306 e. The molecule has 0 radical (unpaired) electrons. The van der Waals surface area contributed by atoms with Crippen LogP contribution in [0.2, 0.25) is 0 Å². The van der Waals surface area contributed by atoms with Crippen molar-refractivity contribution >= 4 is 0 Å². The zero-order valence-electron chi connectivity index (χ0n) is 8.02. The molecule has 1 aromatic rings. The van der Waals surface area contributed by atoms with Gasteiger partial charge < -0.3 is 5.32 Å². The molecule has 0 aliphatic carbocycles. The highest BCUT2D eigenvalue weighted by Crippen LogP contribution is 2.32. The first-order valence-electron chi connectivity index (χ1n) is 4.25. The quantitative estimate of drug-likeness (QED) is 0.779. The van der Waals surface area contributed by atoms with E-state index in [2.05, 4.69) is 5.32 Å². The Morgan fingerprint density at radius 1 is 1.14 bits per heavy atom. The van der Waals surface area contributed by atoms with Gasteiger partial charge in [-0.05, 0) is 19.5 Å². The Labute approximate surface area is 80.9 Å². The molecule has 1 rings (SSSR count). The topological polar surface area (TPSA) is 12.0 Å². The Kier molecular flexibility index (Phi) is 3.16. The van der Waals surface area contributed by atoms with Gasteiger partial charge in [-0.1, -0.05) is 29.8 Å². The molecule has 0 amide bonds. The molecule has 1 atom stereocenters. The lowest BCUT2D eigenvalue weighted by Crippen LogP contribution is -2.31. The van der Waals surface area contributed by atoms with Crippen LogP contribution in [-0.2, 0) is 0 Å². The highest BCUT2D eigenvalue weighted by molar-refractivity contribution is 5.25. The second-order valence-electron chi connectivity index (χ2n) is 3.17. The van der Waals surface area contributed by atoms with E-state index in [0.717, 1.165) is 5.56 Å². The maximum absolute atomic E-state index is 12.4. The molecule has 0 fully saturated rings. The summed E-state index contributed by atoms with van der Waals surface area (Å²) in [6, 6.07) is 4.74. The number of hydrogen-bond acceptors (Lipinski definition) is 1. The number of aryl methyl sites for hydroxylation is 1. The van der Waals surface area contributed by atoms with E-state index in [4.69, 9.17) is 0 Å². The number of benzene rings is 1. The third-order valence-electron chi connectivity index (χ3n) is 2.03. The largest absolute Gasteiger partial charge is 0.407 e. The Bertz CT molecular complexity index is 289. The van der Waals surface area contributed by atoms with E-state index < -0.39 is 12.2 Å². The van der Waals surface area contributed by atoms with Crippen LogP contribution in [0.15, 0.2) is 24.3 Å². The van der Waals surface area contributed by atoms with Gasteiger partial charge in [0.25, 0.3) is 0 Å². The molecule has 14 heavy (non-hydrogen) atoms. The summed E-state index contributed by atoms with van der Waals surface area (Å²) < 4.78 is 37.3. The fraction of sp³-hybridized carbons (Fsp3) is 0.400. The van der Waals surface area contributed by atoms with E-state index in [1.165, 1.54) is 19.2 Å². The molecule has 78 valence electrons. The molecule has 0 unspecified atom stereocenters. The molecule has 0 saturated carbocycles. The Hall–Kier alpha value is -1.03. The normalized spacial score (nSPS) is 14.1. The molecule has 0 aromatic heterocycles. The van der Waals surface area contributed by atoms with Crippen molar-refractivity contribution in [3.05, 3.63) is 35.4 Å². The van der Waals surface area contributed by atoms with Gasteiger partial charge in [-0.15, -0.1) is 0 Å². The lowest BCUT2D eigenvalue weighted by molar-refractivity contribution is -0.156. The second-order valence-corrected chi connectivity index (χ2v) is 3.17. The van der Waals surface area contributed by atoms with Crippen molar-refractivity contribution in [1.82, 2.24) is 5.32 Å². The molecular weight excluding hydrogens is 191 g/mol. The molecule has 0 heterocycles. The van der Waals surface area contributed by atoms with Crippen LogP contribution in [0.3, 0.4) is 0 Å². The number of nitrogens with one attached hydrogen (secondary N) is 1. The van der Waals surface area contributed by atoms with E-state index in [1.54, 1.807) is 12.1 Å². The van der Waals surface area contributed by atoms with Gasteiger partial charge in [0.2, 0.25) is 0 Å². The number of rotatable bonds is 2. The van der Waals surface area contributed by atoms with Gasteiger partial charge in [-0.3, -0.25) is 0 Å². The molecule has 0 bridgehead atoms. The second kappa shape index (κ2) is 4.00. The van der Waals surface area contributed by atoms with Gasteiger partial charge in [0.05, 0.1) is 0 Å². The van der Waals surface area contributed by atoms with E-state index in [9.17, 15) is 13.2 Å². The predicted octanol–water partition coefficient (Wildman–Crippen LogP) is 2.82. The van der Waals surface area contributed by atoms with Crippen molar-refractivity contribution in [2.75, 3.05) is 7.05 Å². The van der Waals surface area contributed by atoms with Crippen molar-refractivity contribution in [3.63, 3.8) is 0 Å². The molecule has 0 spiro atoms. The molecule has 1 N–H and O–H groups in total. The maximum atomic E-state index is 12.4.